The molecule has 0 atom stereocenters. The number of amides is 1. The summed E-state index contributed by atoms with van der Waals surface area (Å²) in [5.74, 6) is 0. The zero-order valence-electron chi connectivity index (χ0n) is 12.1. The van der Waals surface area contributed by atoms with E-state index in [0.29, 0.717) is 25.9 Å². The Morgan fingerprint density at radius 3 is 2.26 bits per heavy atom. The van der Waals surface area contributed by atoms with E-state index in [2.05, 4.69) is 10.6 Å². The van der Waals surface area contributed by atoms with E-state index < -0.39 is 26.3 Å². The average Bonchev–Trinajstić information content (AvgIpc) is 2.24. The molecule has 0 radical (unpaired) electrons. The van der Waals surface area contributed by atoms with E-state index in [1.807, 2.05) is 0 Å². The lowest BCUT2D eigenvalue weighted by molar-refractivity contribution is 0.0519. The second kappa shape index (κ2) is 5.66. The topological polar surface area (TPSA) is 84.5 Å². The molecule has 1 saturated heterocycles. The van der Waals surface area contributed by atoms with E-state index >= 15 is 0 Å². The predicted octanol–water partition coefficient (Wildman–Crippen LogP) is 0.678. The number of rotatable bonds is 3. The van der Waals surface area contributed by atoms with Crippen LogP contribution in [-0.4, -0.2) is 50.7 Å². The summed E-state index contributed by atoms with van der Waals surface area (Å²) in [5, 5.41) is 5.72. The third-order valence-electron chi connectivity index (χ3n) is 3.26. The standard InChI is InChI=1S/C12H24N2O4S/c1-11(2,3)18-10(15)14-9-12(19(4,16)17)5-7-13-8-6-12/h13H,5-9H2,1-4H3,(H,14,15). The van der Waals surface area contributed by atoms with Crippen LogP contribution in [0.4, 0.5) is 4.79 Å². The summed E-state index contributed by atoms with van der Waals surface area (Å²) in [6.45, 7) is 6.69. The van der Waals surface area contributed by atoms with Crippen LogP contribution >= 0.6 is 0 Å². The molecule has 1 rings (SSSR count). The van der Waals surface area contributed by atoms with Gasteiger partial charge in [0, 0.05) is 12.8 Å². The van der Waals surface area contributed by atoms with Gasteiger partial charge in [-0.3, -0.25) is 0 Å². The van der Waals surface area contributed by atoms with Gasteiger partial charge in [0.05, 0.1) is 4.75 Å². The summed E-state index contributed by atoms with van der Waals surface area (Å²) in [5.41, 5.74) is -0.587. The second-order valence-corrected chi connectivity index (χ2v) is 8.47. The fourth-order valence-electron chi connectivity index (χ4n) is 2.11. The number of carbonyl (C=O) groups excluding carboxylic acids is 1. The lowest BCUT2D eigenvalue weighted by Gasteiger charge is -2.36. The van der Waals surface area contributed by atoms with Crippen molar-refractivity contribution in [1.29, 1.82) is 0 Å². The number of hydrogen-bond acceptors (Lipinski definition) is 5. The monoisotopic (exact) mass is 292 g/mol. The van der Waals surface area contributed by atoms with Gasteiger partial charge in [-0.05, 0) is 46.7 Å². The normalized spacial score (nSPS) is 19.8. The molecule has 112 valence electrons. The van der Waals surface area contributed by atoms with Crippen LogP contribution in [-0.2, 0) is 14.6 Å². The van der Waals surface area contributed by atoms with Gasteiger partial charge >= 0.3 is 6.09 Å². The van der Waals surface area contributed by atoms with E-state index in [4.69, 9.17) is 4.74 Å². The van der Waals surface area contributed by atoms with Crippen molar-refractivity contribution >= 4 is 15.9 Å². The van der Waals surface area contributed by atoms with E-state index in [1.54, 1.807) is 20.8 Å². The molecule has 1 heterocycles. The second-order valence-electron chi connectivity index (χ2n) is 6.06. The molecule has 6 nitrogen and oxygen atoms in total. The van der Waals surface area contributed by atoms with Crippen molar-refractivity contribution in [1.82, 2.24) is 10.6 Å². The van der Waals surface area contributed by atoms with Gasteiger partial charge in [0.2, 0.25) is 0 Å². The number of carbonyl (C=O) groups is 1. The van der Waals surface area contributed by atoms with Gasteiger partial charge in [-0.15, -0.1) is 0 Å². The quantitative estimate of drug-likeness (QED) is 0.799. The first-order chi connectivity index (χ1) is 8.56. The van der Waals surface area contributed by atoms with Crippen molar-refractivity contribution in [2.75, 3.05) is 25.9 Å². The van der Waals surface area contributed by atoms with Crippen LogP contribution in [0.15, 0.2) is 0 Å². The maximum atomic E-state index is 12.0. The largest absolute Gasteiger partial charge is 0.444 e. The Balaban J connectivity index is 2.68. The lowest BCUT2D eigenvalue weighted by Crippen LogP contribution is -2.54. The minimum absolute atomic E-state index is 0.0996. The van der Waals surface area contributed by atoms with Gasteiger partial charge in [0.1, 0.15) is 5.60 Å². The number of ether oxygens (including phenoxy) is 1. The fraction of sp³-hybridized carbons (Fsp3) is 0.917. The molecule has 0 bridgehead atoms. The summed E-state index contributed by atoms with van der Waals surface area (Å²) in [4.78, 5) is 11.6. The Bertz CT molecular complexity index is 420. The molecule has 19 heavy (non-hydrogen) atoms. The molecule has 1 aliphatic rings. The van der Waals surface area contributed by atoms with Gasteiger partial charge < -0.3 is 15.4 Å². The molecule has 0 aromatic rings. The van der Waals surface area contributed by atoms with Gasteiger partial charge in [-0.1, -0.05) is 0 Å². The zero-order chi connectivity index (χ0) is 14.7. The third-order valence-corrected chi connectivity index (χ3v) is 5.38. The third kappa shape index (κ3) is 4.65. The minimum atomic E-state index is -3.24. The highest BCUT2D eigenvalue weighted by Gasteiger charge is 2.42. The number of nitrogens with one attached hydrogen (secondary N) is 2. The summed E-state index contributed by atoms with van der Waals surface area (Å²) in [7, 11) is -3.24. The molecule has 0 saturated carbocycles. The van der Waals surface area contributed by atoms with Crippen LogP contribution in [0.25, 0.3) is 0 Å². The highest BCUT2D eigenvalue weighted by molar-refractivity contribution is 7.92. The smallest absolute Gasteiger partial charge is 0.407 e. The first-order valence-corrected chi connectivity index (χ1v) is 8.32. The minimum Gasteiger partial charge on any atom is -0.444 e. The molecular formula is C12H24N2O4S. The molecule has 0 aromatic carbocycles. The summed E-state index contributed by atoms with van der Waals surface area (Å²) < 4.78 is 28.2. The van der Waals surface area contributed by atoms with Crippen molar-refractivity contribution in [3.8, 4) is 0 Å². The maximum absolute atomic E-state index is 12.0. The maximum Gasteiger partial charge on any atom is 0.407 e. The van der Waals surface area contributed by atoms with Crippen LogP contribution in [0.5, 0.6) is 0 Å². The first kappa shape index (κ1) is 16.2. The molecule has 2 N–H and O–H groups in total. The lowest BCUT2D eigenvalue weighted by atomic mass is 9.97. The average molecular weight is 292 g/mol. The Hall–Kier alpha value is -0.820. The fourth-order valence-corrected chi connectivity index (χ4v) is 3.39. The molecule has 1 fully saturated rings. The van der Waals surface area contributed by atoms with E-state index in [9.17, 15) is 13.2 Å². The van der Waals surface area contributed by atoms with Crippen molar-refractivity contribution < 1.29 is 17.9 Å². The van der Waals surface area contributed by atoms with Crippen molar-refractivity contribution in [3.63, 3.8) is 0 Å². The number of hydrogen-bond donors (Lipinski definition) is 2. The van der Waals surface area contributed by atoms with Crippen LogP contribution in [0, 0.1) is 0 Å². The Morgan fingerprint density at radius 2 is 1.84 bits per heavy atom. The molecule has 0 unspecified atom stereocenters. The summed E-state index contributed by atoms with van der Waals surface area (Å²) in [6.07, 6.45) is 1.66. The highest BCUT2D eigenvalue weighted by atomic mass is 32.2. The molecule has 1 aliphatic heterocycles. The SMILES string of the molecule is CC(C)(C)OC(=O)NCC1(S(C)(=O)=O)CCNCC1. The highest BCUT2D eigenvalue weighted by Crippen LogP contribution is 2.26. The molecule has 0 aliphatic carbocycles. The summed E-state index contributed by atoms with van der Waals surface area (Å²) in [6, 6.07) is 0. The van der Waals surface area contributed by atoms with Crippen molar-refractivity contribution in [2.24, 2.45) is 0 Å². The van der Waals surface area contributed by atoms with Crippen LogP contribution in [0.2, 0.25) is 0 Å². The van der Waals surface area contributed by atoms with Crippen molar-refractivity contribution in [2.45, 2.75) is 44.0 Å². The zero-order valence-corrected chi connectivity index (χ0v) is 12.9. The number of piperidine rings is 1. The van der Waals surface area contributed by atoms with E-state index in [0.717, 1.165) is 0 Å². The predicted molar refractivity (Wildman–Crippen MR) is 73.9 cm³/mol. The number of alkyl carbamates (subject to hydrolysis) is 1. The van der Waals surface area contributed by atoms with Gasteiger partial charge in [-0.2, -0.15) is 0 Å². The first-order valence-electron chi connectivity index (χ1n) is 6.43. The molecule has 7 heteroatoms. The molecule has 1 amide bonds. The van der Waals surface area contributed by atoms with Crippen LogP contribution in [0.3, 0.4) is 0 Å². The Labute approximate surface area is 115 Å². The van der Waals surface area contributed by atoms with Gasteiger partial charge in [-0.25, -0.2) is 13.2 Å². The van der Waals surface area contributed by atoms with E-state index in [1.165, 1.54) is 6.26 Å². The van der Waals surface area contributed by atoms with Crippen LogP contribution < -0.4 is 10.6 Å². The Kier molecular flexibility index (Phi) is 4.84. The molecule has 0 aromatic heterocycles. The van der Waals surface area contributed by atoms with Crippen molar-refractivity contribution in [3.05, 3.63) is 0 Å². The summed E-state index contributed by atoms with van der Waals surface area (Å²) >= 11 is 0. The Morgan fingerprint density at radius 1 is 1.32 bits per heavy atom. The molecular weight excluding hydrogens is 268 g/mol. The number of sulfone groups is 1. The van der Waals surface area contributed by atoms with Crippen LogP contribution in [0.1, 0.15) is 33.6 Å². The van der Waals surface area contributed by atoms with E-state index in [-0.39, 0.29) is 6.54 Å². The molecule has 0 spiro atoms. The van der Waals surface area contributed by atoms with Gasteiger partial charge in [0.25, 0.3) is 0 Å². The van der Waals surface area contributed by atoms with Gasteiger partial charge in [0.15, 0.2) is 9.84 Å².